The van der Waals surface area contributed by atoms with E-state index in [1.807, 2.05) is 5.38 Å². The summed E-state index contributed by atoms with van der Waals surface area (Å²) in [5.41, 5.74) is 11.7. The van der Waals surface area contributed by atoms with E-state index < -0.39 is 5.91 Å². The molecule has 0 saturated carbocycles. The Morgan fingerprint density at radius 1 is 1.62 bits per heavy atom. The molecule has 0 aliphatic heterocycles. The quantitative estimate of drug-likeness (QED) is 0.638. The van der Waals surface area contributed by atoms with Crippen molar-refractivity contribution >= 4 is 39.6 Å². The number of carbonyl (C=O) groups is 1. The van der Waals surface area contributed by atoms with Crippen LogP contribution in [0.2, 0.25) is 0 Å². The summed E-state index contributed by atoms with van der Waals surface area (Å²) in [5.74, 6) is -0.475. The number of thiocarbonyl (C=S) groups is 1. The van der Waals surface area contributed by atoms with Crippen LogP contribution < -0.4 is 16.8 Å². The van der Waals surface area contributed by atoms with Crippen molar-refractivity contribution < 1.29 is 4.79 Å². The molecule has 0 fully saturated rings. The molecule has 0 aliphatic carbocycles. The van der Waals surface area contributed by atoms with Crippen LogP contribution in [0.1, 0.15) is 15.9 Å². The fourth-order valence-corrected chi connectivity index (χ4v) is 2.08. The van der Waals surface area contributed by atoms with Gasteiger partial charge in [0, 0.05) is 0 Å². The fraction of sp³-hybridized carbons (Fsp3) is 0.143. The zero-order chi connectivity index (χ0) is 10.0. The van der Waals surface area contributed by atoms with Gasteiger partial charge in [0.2, 0.25) is 0 Å². The van der Waals surface area contributed by atoms with Crippen LogP contribution in [0, 0.1) is 6.92 Å². The summed E-state index contributed by atoms with van der Waals surface area (Å²) in [4.78, 5) is 11.0. The predicted octanol–water partition coefficient (Wildman–Crippen LogP) is 0.811. The first-order valence-electron chi connectivity index (χ1n) is 3.46. The van der Waals surface area contributed by atoms with Gasteiger partial charge in [0.25, 0.3) is 5.91 Å². The fourth-order valence-electron chi connectivity index (χ4n) is 0.954. The van der Waals surface area contributed by atoms with E-state index in [0.29, 0.717) is 10.6 Å². The summed E-state index contributed by atoms with van der Waals surface area (Å²) in [7, 11) is 0. The van der Waals surface area contributed by atoms with E-state index in [2.05, 4.69) is 17.5 Å². The molecule has 0 bridgehead atoms. The maximum atomic E-state index is 11.0. The maximum absolute atomic E-state index is 11.0. The molecule has 0 saturated heterocycles. The second kappa shape index (κ2) is 3.71. The van der Waals surface area contributed by atoms with Crippen LogP contribution in [-0.4, -0.2) is 11.0 Å². The number of primary amides is 1. The lowest BCUT2D eigenvalue weighted by atomic mass is 10.2. The minimum absolute atomic E-state index is 0.129. The third-order valence-electron chi connectivity index (χ3n) is 1.46. The van der Waals surface area contributed by atoms with E-state index in [4.69, 9.17) is 11.5 Å². The smallest absolute Gasteiger partial charge is 0.251 e. The van der Waals surface area contributed by atoms with Gasteiger partial charge in [0.15, 0.2) is 5.11 Å². The van der Waals surface area contributed by atoms with Gasteiger partial charge in [-0.05, 0) is 30.1 Å². The number of nitrogens with one attached hydrogen (secondary N) is 1. The summed E-state index contributed by atoms with van der Waals surface area (Å²) in [6.45, 7) is 1.81. The number of hydrogen-bond acceptors (Lipinski definition) is 3. The molecule has 5 N–H and O–H groups in total. The molecule has 0 radical (unpaired) electrons. The largest absolute Gasteiger partial charge is 0.376 e. The molecule has 1 aromatic heterocycles. The summed E-state index contributed by atoms with van der Waals surface area (Å²) in [6, 6.07) is 0. The molecular formula is C7H9N3OS2. The molecule has 1 rings (SSSR count). The molecule has 6 heteroatoms. The Bertz CT molecular complexity index is 359. The standard InChI is InChI=1S/C7H9N3OS2/c1-3-2-13-6(10-7(9)12)4(3)5(8)11/h2H,1H3,(H2,8,11)(H3,9,10,12). The lowest BCUT2D eigenvalue weighted by molar-refractivity contribution is 0.100. The Hall–Kier alpha value is -1.14. The van der Waals surface area contributed by atoms with Gasteiger partial charge in [0.1, 0.15) is 5.00 Å². The molecule has 1 heterocycles. The van der Waals surface area contributed by atoms with E-state index in [-0.39, 0.29) is 5.11 Å². The van der Waals surface area contributed by atoms with Crippen LogP contribution in [0.3, 0.4) is 0 Å². The summed E-state index contributed by atoms with van der Waals surface area (Å²) in [6.07, 6.45) is 0. The highest BCUT2D eigenvalue weighted by Crippen LogP contribution is 2.26. The number of thiophene rings is 1. The van der Waals surface area contributed by atoms with Gasteiger partial charge in [0.05, 0.1) is 5.56 Å². The predicted molar refractivity (Wildman–Crippen MR) is 58.0 cm³/mol. The SMILES string of the molecule is Cc1csc(NC(N)=S)c1C(N)=O. The summed E-state index contributed by atoms with van der Waals surface area (Å²) in [5, 5.41) is 5.26. The highest BCUT2D eigenvalue weighted by atomic mass is 32.1. The normalized spacial score (nSPS) is 9.62. The third-order valence-corrected chi connectivity index (χ3v) is 2.57. The van der Waals surface area contributed by atoms with Crippen molar-refractivity contribution in [3.8, 4) is 0 Å². The first-order valence-corrected chi connectivity index (χ1v) is 4.75. The zero-order valence-electron chi connectivity index (χ0n) is 6.96. The molecule has 70 valence electrons. The van der Waals surface area contributed by atoms with Gasteiger partial charge in [-0.2, -0.15) is 0 Å². The first-order chi connectivity index (χ1) is 6.02. The molecule has 0 unspecified atom stereocenters. The molecule has 1 amide bonds. The number of anilines is 1. The second-order valence-corrected chi connectivity index (χ2v) is 3.80. The van der Waals surface area contributed by atoms with Crippen LogP contribution in [0.4, 0.5) is 5.00 Å². The molecular weight excluding hydrogens is 206 g/mol. The van der Waals surface area contributed by atoms with Crippen molar-refractivity contribution in [3.05, 3.63) is 16.5 Å². The van der Waals surface area contributed by atoms with Crippen LogP contribution >= 0.6 is 23.6 Å². The van der Waals surface area contributed by atoms with Crippen LogP contribution in [-0.2, 0) is 0 Å². The average Bonchev–Trinajstić information content (AvgIpc) is 2.30. The van der Waals surface area contributed by atoms with Gasteiger partial charge < -0.3 is 16.8 Å². The van der Waals surface area contributed by atoms with Crippen molar-refractivity contribution in [2.45, 2.75) is 6.92 Å². The highest BCUT2D eigenvalue weighted by Gasteiger charge is 2.13. The van der Waals surface area contributed by atoms with Crippen LogP contribution in [0.25, 0.3) is 0 Å². The monoisotopic (exact) mass is 215 g/mol. The van der Waals surface area contributed by atoms with Crippen molar-refractivity contribution in [2.75, 3.05) is 5.32 Å². The number of carbonyl (C=O) groups excluding carboxylic acids is 1. The Kier molecular flexibility index (Phi) is 2.84. The Labute approximate surface area is 84.9 Å². The molecule has 4 nitrogen and oxygen atoms in total. The molecule has 0 aromatic carbocycles. The van der Waals surface area contributed by atoms with Gasteiger partial charge in [-0.15, -0.1) is 11.3 Å². The third kappa shape index (κ3) is 2.16. The molecule has 0 aliphatic rings. The minimum atomic E-state index is -0.475. The highest BCUT2D eigenvalue weighted by molar-refractivity contribution is 7.80. The molecule has 0 atom stereocenters. The van der Waals surface area contributed by atoms with Crippen molar-refractivity contribution in [3.63, 3.8) is 0 Å². The second-order valence-electron chi connectivity index (χ2n) is 2.48. The Morgan fingerprint density at radius 3 is 2.69 bits per heavy atom. The first kappa shape index (κ1) is 9.94. The number of nitrogens with two attached hydrogens (primary N) is 2. The van der Waals surface area contributed by atoms with Gasteiger partial charge >= 0.3 is 0 Å². The zero-order valence-corrected chi connectivity index (χ0v) is 8.59. The number of rotatable bonds is 2. The van der Waals surface area contributed by atoms with E-state index in [0.717, 1.165) is 5.56 Å². The maximum Gasteiger partial charge on any atom is 0.251 e. The van der Waals surface area contributed by atoms with Crippen LogP contribution in [0.15, 0.2) is 5.38 Å². The Balaban J connectivity index is 3.07. The van der Waals surface area contributed by atoms with Crippen molar-refractivity contribution in [2.24, 2.45) is 11.5 Å². The average molecular weight is 215 g/mol. The molecule has 13 heavy (non-hydrogen) atoms. The van der Waals surface area contributed by atoms with Gasteiger partial charge in [-0.1, -0.05) is 0 Å². The number of hydrogen-bond donors (Lipinski definition) is 3. The van der Waals surface area contributed by atoms with Crippen molar-refractivity contribution in [1.82, 2.24) is 0 Å². The minimum Gasteiger partial charge on any atom is -0.376 e. The Morgan fingerprint density at radius 2 is 2.23 bits per heavy atom. The van der Waals surface area contributed by atoms with E-state index >= 15 is 0 Å². The van der Waals surface area contributed by atoms with E-state index in [1.54, 1.807) is 6.92 Å². The van der Waals surface area contributed by atoms with E-state index in [9.17, 15) is 4.79 Å². The molecule has 1 aromatic rings. The lowest BCUT2D eigenvalue weighted by Gasteiger charge is -2.02. The molecule has 0 spiro atoms. The lowest BCUT2D eigenvalue weighted by Crippen LogP contribution is -2.21. The van der Waals surface area contributed by atoms with Crippen molar-refractivity contribution in [1.29, 1.82) is 0 Å². The number of aryl methyl sites for hydroxylation is 1. The van der Waals surface area contributed by atoms with Gasteiger partial charge in [-0.3, -0.25) is 4.79 Å². The van der Waals surface area contributed by atoms with E-state index in [1.165, 1.54) is 11.3 Å². The van der Waals surface area contributed by atoms with Gasteiger partial charge in [-0.25, -0.2) is 0 Å². The van der Waals surface area contributed by atoms with Crippen LogP contribution in [0.5, 0.6) is 0 Å². The topological polar surface area (TPSA) is 81.1 Å². The summed E-state index contributed by atoms with van der Waals surface area (Å²) >= 11 is 6.01. The number of amides is 1. The summed E-state index contributed by atoms with van der Waals surface area (Å²) < 4.78 is 0.